The predicted molar refractivity (Wildman–Crippen MR) is 61.0 cm³/mol. The number of hydrogen-bond donors (Lipinski definition) is 1. The van der Waals surface area contributed by atoms with Crippen LogP contribution in [-0.2, 0) is 0 Å². The van der Waals surface area contributed by atoms with Gasteiger partial charge in [-0.25, -0.2) is 9.97 Å². The van der Waals surface area contributed by atoms with E-state index in [4.69, 9.17) is 11.6 Å². The molecule has 1 aromatic heterocycles. The van der Waals surface area contributed by atoms with Crippen molar-refractivity contribution in [2.45, 2.75) is 37.6 Å². The molecule has 2 saturated carbocycles. The minimum atomic E-state index is 0.273. The molecule has 0 spiro atoms. The first-order chi connectivity index (χ1) is 7.78. The number of aldehydes is 1. The zero-order valence-electron chi connectivity index (χ0n) is 8.74. The van der Waals surface area contributed by atoms with E-state index in [0.29, 0.717) is 23.3 Å². The van der Waals surface area contributed by atoms with Gasteiger partial charge < -0.3 is 5.32 Å². The number of aromatic nitrogens is 2. The van der Waals surface area contributed by atoms with Crippen LogP contribution in [0, 0.1) is 0 Å². The van der Waals surface area contributed by atoms with Gasteiger partial charge in [-0.2, -0.15) is 0 Å². The SMILES string of the molecule is O=Cc1c(Cl)nc(C2CC2)nc1NC1CC1. The minimum absolute atomic E-state index is 0.273. The molecule has 0 radical (unpaired) electrons. The van der Waals surface area contributed by atoms with Crippen molar-refractivity contribution >= 4 is 23.7 Å². The van der Waals surface area contributed by atoms with Gasteiger partial charge in [0, 0.05) is 12.0 Å². The molecule has 16 heavy (non-hydrogen) atoms. The summed E-state index contributed by atoms with van der Waals surface area (Å²) in [5.74, 6) is 1.83. The molecule has 2 aliphatic rings. The van der Waals surface area contributed by atoms with Gasteiger partial charge in [0.25, 0.3) is 0 Å². The van der Waals surface area contributed by atoms with E-state index in [1.165, 1.54) is 0 Å². The maximum atomic E-state index is 10.9. The van der Waals surface area contributed by atoms with Crippen molar-refractivity contribution in [2.75, 3.05) is 5.32 Å². The molecule has 5 heteroatoms. The van der Waals surface area contributed by atoms with E-state index < -0.39 is 0 Å². The fourth-order valence-corrected chi connectivity index (χ4v) is 1.84. The lowest BCUT2D eigenvalue weighted by Crippen LogP contribution is -2.09. The van der Waals surface area contributed by atoms with Crippen LogP contribution in [0.3, 0.4) is 0 Å². The van der Waals surface area contributed by atoms with Gasteiger partial charge in [-0.05, 0) is 25.7 Å². The molecular formula is C11H12ClN3O. The smallest absolute Gasteiger partial charge is 0.156 e. The van der Waals surface area contributed by atoms with E-state index in [-0.39, 0.29) is 5.15 Å². The zero-order chi connectivity index (χ0) is 11.1. The molecule has 0 saturated heterocycles. The van der Waals surface area contributed by atoms with Crippen molar-refractivity contribution < 1.29 is 4.79 Å². The average Bonchev–Trinajstić information content (AvgIpc) is 3.12. The molecule has 0 aliphatic heterocycles. The van der Waals surface area contributed by atoms with Crippen molar-refractivity contribution in [3.05, 3.63) is 16.5 Å². The number of hydrogen-bond acceptors (Lipinski definition) is 4. The molecule has 0 unspecified atom stereocenters. The Morgan fingerprint density at radius 2 is 2.00 bits per heavy atom. The summed E-state index contributed by atoms with van der Waals surface area (Å²) >= 11 is 5.99. The van der Waals surface area contributed by atoms with E-state index in [2.05, 4.69) is 15.3 Å². The number of halogens is 1. The fraction of sp³-hybridized carbons (Fsp3) is 0.545. The maximum Gasteiger partial charge on any atom is 0.156 e. The Morgan fingerprint density at radius 1 is 1.25 bits per heavy atom. The molecule has 0 bridgehead atoms. The van der Waals surface area contributed by atoms with Gasteiger partial charge in [0.1, 0.15) is 16.8 Å². The highest BCUT2D eigenvalue weighted by Gasteiger charge is 2.30. The Kier molecular flexibility index (Phi) is 2.32. The van der Waals surface area contributed by atoms with Crippen LogP contribution in [0.25, 0.3) is 0 Å². The zero-order valence-corrected chi connectivity index (χ0v) is 9.50. The monoisotopic (exact) mass is 237 g/mol. The van der Waals surface area contributed by atoms with Crippen LogP contribution in [0.5, 0.6) is 0 Å². The summed E-state index contributed by atoms with van der Waals surface area (Å²) in [6, 6.07) is 0.455. The van der Waals surface area contributed by atoms with E-state index in [1.54, 1.807) is 0 Å². The molecule has 0 aromatic carbocycles. The van der Waals surface area contributed by atoms with Gasteiger partial charge in [-0.15, -0.1) is 0 Å². The number of rotatable bonds is 4. The van der Waals surface area contributed by atoms with E-state index >= 15 is 0 Å². The normalized spacial score (nSPS) is 19.6. The Labute approximate surface area is 98.4 Å². The van der Waals surface area contributed by atoms with Crippen LogP contribution >= 0.6 is 11.6 Å². The summed E-state index contributed by atoms with van der Waals surface area (Å²) in [7, 11) is 0. The van der Waals surface area contributed by atoms with Gasteiger partial charge in [-0.1, -0.05) is 11.6 Å². The van der Waals surface area contributed by atoms with Gasteiger partial charge in [0.2, 0.25) is 0 Å². The summed E-state index contributed by atoms with van der Waals surface area (Å²) in [6.07, 6.45) is 5.25. The van der Waals surface area contributed by atoms with E-state index in [1.807, 2.05) is 0 Å². The lowest BCUT2D eigenvalue weighted by molar-refractivity contribution is 0.112. The van der Waals surface area contributed by atoms with Crippen LogP contribution in [-0.4, -0.2) is 22.3 Å². The minimum Gasteiger partial charge on any atom is -0.367 e. The van der Waals surface area contributed by atoms with Gasteiger partial charge in [-0.3, -0.25) is 4.79 Å². The number of nitrogens with zero attached hydrogens (tertiary/aromatic N) is 2. The van der Waals surface area contributed by atoms with E-state index in [0.717, 1.165) is 37.8 Å². The molecule has 4 nitrogen and oxygen atoms in total. The van der Waals surface area contributed by atoms with Crippen LogP contribution in [0.2, 0.25) is 5.15 Å². The van der Waals surface area contributed by atoms with Crippen molar-refractivity contribution in [1.82, 2.24) is 9.97 Å². The van der Waals surface area contributed by atoms with Crippen molar-refractivity contribution in [3.63, 3.8) is 0 Å². The third-order valence-electron chi connectivity index (χ3n) is 2.89. The number of carbonyl (C=O) groups excluding carboxylic acids is 1. The molecular weight excluding hydrogens is 226 g/mol. The predicted octanol–water partition coefficient (Wildman–Crippen LogP) is 2.39. The number of nitrogens with one attached hydrogen (secondary N) is 1. The van der Waals surface area contributed by atoms with Crippen molar-refractivity contribution in [1.29, 1.82) is 0 Å². The molecule has 2 aliphatic carbocycles. The highest BCUT2D eigenvalue weighted by atomic mass is 35.5. The molecule has 2 fully saturated rings. The highest BCUT2D eigenvalue weighted by Crippen LogP contribution is 2.39. The van der Waals surface area contributed by atoms with Gasteiger partial charge in [0.05, 0.1) is 5.56 Å². The molecule has 0 amide bonds. The highest BCUT2D eigenvalue weighted by molar-refractivity contribution is 6.32. The third-order valence-corrected chi connectivity index (χ3v) is 3.18. The Morgan fingerprint density at radius 3 is 2.56 bits per heavy atom. The van der Waals surface area contributed by atoms with Crippen LogP contribution in [0.15, 0.2) is 0 Å². The van der Waals surface area contributed by atoms with Gasteiger partial charge in [0.15, 0.2) is 6.29 Å². The van der Waals surface area contributed by atoms with Crippen molar-refractivity contribution in [3.8, 4) is 0 Å². The number of anilines is 1. The first-order valence-corrected chi connectivity index (χ1v) is 5.95. The lowest BCUT2D eigenvalue weighted by atomic mass is 10.3. The standard InChI is InChI=1S/C11H12ClN3O/c12-9-8(5-16)11(13-7-3-4-7)15-10(14-9)6-1-2-6/h5-7H,1-4H2,(H,13,14,15). The van der Waals surface area contributed by atoms with Crippen molar-refractivity contribution in [2.24, 2.45) is 0 Å². The second-order valence-electron chi connectivity index (χ2n) is 4.45. The second kappa shape index (κ2) is 3.70. The fourth-order valence-electron chi connectivity index (χ4n) is 1.62. The summed E-state index contributed by atoms with van der Waals surface area (Å²) in [4.78, 5) is 19.5. The molecule has 1 heterocycles. The third kappa shape index (κ3) is 1.89. The summed E-state index contributed by atoms with van der Waals surface area (Å²) in [5, 5.41) is 3.51. The molecule has 1 aromatic rings. The maximum absolute atomic E-state index is 10.9. The first-order valence-electron chi connectivity index (χ1n) is 5.57. The molecule has 1 N–H and O–H groups in total. The largest absolute Gasteiger partial charge is 0.367 e. The van der Waals surface area contributed by atoms with Crippen LogP contribution < -0.4 is 5.32 Å². The quantitative estimate of drug-likeness (QED) is 0.645. The molecule has 84 valence electrons. The van der Waals surface area contributed by atoms with Crippen LogP contribution in [0.4, 0.5) is 5.82 Å². The Hall–Kier alpha value is -1.16. The summed E-state index contributed by atoms with van der Waals surface area (Å²) in [5.41, 5.74) is 0.387. The van der Waals surface area contributed by atoms with E-state index in [9.17, 15) is 4.79 Å². The summed E-state index contributed by atoms with van der Waals surface area (Å²) < 4.78 is 0. The Bertz CT molecular complexity index is 441. The summed E-state index contributed by atoms with van der Waals surface area (Å²) in [6.45, 7) is 0. The average molecular weight is 238 g/mol. The first kappa shape index (κ1) is 10.0. The molecule has 3 rings (SSSR count). The Balaban J connectivity index is 1.98. The van der Waals surface area contributed by atoms with Gasteiger partial charge >= 0.3 is 0 Å². The lowest BCUT2D eigenvalue weighted by Gasteiger charge is -2.09. The topological polar surface area (TPSA) is 54.9 Å². The van der Waals surface area contributed by atoms with Crippen LogP contribution in [0.1, 0.15) is 47.8 Å². The second-order valence-corrected chi connectivity index (χ2v) is 4.80. The molecule has 0 atom stereocenters. The number of carbonyl (C=O) groups is 1.